The molecule has 6 heteroatoms. The van der Waals surface area contributed by atoms with Gasteiger partial charge < -0.3 is 10.5 Å². The van der Waals surface area contributed by atoms with Crippen molar-refractivity contribution in [2.24, 2.45) is 5.73 Å². The van der Waals surface area contributed by atoms with E-state index >= 15 is 0 Å². The predicted molar refractivity (Wildman–Crippen MR) is 62.0 cm³/mol. The van der Waals surface area contributed by atoms with Crippen LogP contribution in [-0.2, 0) is 14.6 Å². The Labute approximate surface area is 96.9 Å². The van der Waals surface area contributed by atoms with Crippen LogP contribution in [0.3, 0.4) is 0 Å². The third-order valence-electron chi connectivity index (χ3n) is 3.32. The summed E-state index contributed by atoms with van der Waals surface area (Å²) in [6, 6.07) is -0.260. The van der Waals surface area contributed by atoms with Gasteiger partial charge in [0.15, 0.2) is 9.84 Å². The summed E-state index contributed by atoms with van der Waals surface area (Å²) in [5.74, 6) is 0.338. The lowest BCUT2D eigenvalue weighted by molar-refractivity contribution is 0.0614. The van der Waals surface area contributed by atoms with Crippen LogP contribution in [0.2, 0.25) is 0 Å². The first-order valence-electron chi connectivity index (χ1n) is 5.79. The Morgan fingerprint density at radius 2 is 2.12 bits per heavy atom. The lowest BCUT2D eigenvalue weighted by Crippen LogP contribution is -2.49. The zero-order valence-corrected chi connectivity index (χ0v) is 10.4. The highest BCUT2D eigenvalue weighted by atomic mass is 32.2. The van der Waals surface area contributed by atoms with E-state index in [4.69, 9.17) is 10.5 Å². The molecule has 0 aromatic heterocycles. The summed E-state index contributed by atoms with van der Waals surface area (Å²) >= 11 is 0. The van der Waals surface area contributed by atoms with Crippen molar-refractivity contribution in [3.63, 3.8) is 0 Å². The highest BCUT2D eigenvalue weighted by molar-refractivity contribution is 7.91. The van der Waals surface area contributed by atoms with E-state index in [1.54, 1.807) is 0 Å². The molecule has 3 atom stereocenters. The quantitative estimate of drug-likeness (QED) is 0.659. The standard InChI is InChI=1S/C10H20N2O3S/c1-8-5-12(3-2-4-15-8)10-7-16(13,14)6-9(10)11/h8-10H,2-7,11H2,1H3. The van der Waals surface area contributed by atoms with Crippen molar-refractivity contribution in [1.82, 2.24) is 4.90 Å². The van der Waals surface area contributed by atoms with E-state index in [-0.39, 0.29) is 29.7 Å². The van der Waals surface area contributed by atoms with Gasteiger partial charge in [-0.1, -0.05) is 0 Å². The Morgan fingerprint density at radius 1 is 1.38 bits per heavy atom. The van der Waals surface area contributed by atoms with Crippen LogP contribution in [-0.4, -0.2) is 62.7 Å². The van der Waals surface area contributed by atoms with Crippen LogP contribution in [0.5, 0.6) is 0 Å². The van der Waals surface area contributed by atoms with Crippen molar-refractivity contribution >= 4 is 9.84 Å². The Hall–Kier alpha value is -0.170. The van der Waals surface area contributed by atoms with Gasteiger partial charge in [0.05, 0.1) is 17.6 Å². The van der Waals surface area contributed by atoms with Crippen molar-refractivity contribution in [3.05, 3.63) is 0 Å². The summed E-state index contributed by atoms with van der Waals surface area (Å²) in [7, 11) is -2.93. The normalized spacial score (nSPS) is 40.8. The maximum absolute atomic E-state index is 11.5. The summed E-state index contributed by atoms with van der Waals surface area (Å²) in [6.45, 7) is 4.45. The van der Waals surface area contributed by atoms with Crippen LogP contribution in [0.15, 0.2) is 0 Å². The molecular formula is C10H20N2O3S. The molecule has 2 saturated heterocycles. The van der Waals surface area contributed by atoms with Gasteiger partial charge in [0.1, 0.15) is 0 Å². The van der Waals surface area contributed by atoms with E-state index in [0.29, 0.717) is 0 Å². The average molecular weight is 248 g/mol. The molecule has 5 nitrogen and oxygen atoms in total. The molecule has 2 N–H and O–H groups in total. The molecule has 0 saturated carbocycles. The van der Waals surface area contributed by atoms with Gasteiger partial charge in [-0.3, -0.25) is 4.90 Å². The molecule has 0 bridgehead atoms. The third kappa shape index (κ3) is 2.74. The number of ether oxygens (including phenoxy) is 1. The fraction of sp³-hybridized carbons (Fsp3) is 1.00. The molecule has 3 unspecified atom stereocenters. The van der Waals surface area contributed by atoms with Gasteiger partial charge in [-0.05, 0) is 13.3 Å². The highest BCUT2D eigenvalue weighted by Gasteiger charge is 2.39. The fourth-order valence-electron chi connectivity index (χ4n) is 2.56. The van der Waals surface area contributed by atoms with Crippen LogP contribution in [0, 0.1) is 0 Å². The van der Waals surface area contributed by atoms with Gasteiger partial charge in [0, 0.05) is 31.8 Å². The summed E-state index contributed by atoms with van der Waals surface area (Å²) < 4.78 is 28.6. The summed E-state index contributed by atoms with van der Waals surface area (Å²) in [6.07, 6.45) is 1.12. The SMILES string of the molecule is CC1CN(C2CS(=O)(=O)CC2N)CCCO1. The number of sulfone groups is 1. The molecule has 2 heterocycles. The average Bonchev–Trinajstić information content (AvgIpc) is 2.37. The zero-order chi connectivity index (χ0) is 11.8. The zero-order valence-electron chi connectivity index (χ0n) is 9.63. The Kier molecular flexibility index (Phi) is 3.53. The molecule has 0 radical (unpaired) electrons. The van der Waals surface area contributed by atoms with Crippen LogP contribution >= 0.6 is 0 Å². The second-order valence-electron chi connectivity index (χ2n) is 4.84. The molecule has 2 aliphatic heterocycles. The van der Waals surface area contributed by atoms with Gasteiger partial charge in [-0.2, -0.15) is 0 Å². The largest absolute Gasteiger partial charge is 0.377 e. The second-order valence-corrected chi connectivity index (χ2v) is 6.99. The van der Waals surface area contributed by atoms with Crippen molar-refractivity contribution in [2.75, 3.05) is 31.2 Å². The smallest absolute Gasteiger partial charge is 0.153 e. The van der Waals surface area contributed by atoms with Crippen molar-refractivity contribution < 1.29 is 13.2 Å². The maximum atomic E-state index is 11.5. The Morgan fingerprint density at radius 3 is 2.75 bits per heavy atom. The molecule has 2 fully saturated rings. The van der Waals surface area contributed by atoms with E-state index < -0.39 is 9.84 Å². The maximum Gasteiger partial charge on any atom is 0.153 e. The topological polar surface area (TPSA) is 72.6 Å². The first-order valence-corrected chi connectivity index (χ1v) is 7.62. The number of hydrogen-bond donors (Lipinski definition) is 1. The van der Waals surface area contributed by atoms with Gasteiger partial charge in [0.2, 0.25) is 0 Å². The van der Waals surface area contributed by atoms with Crippen LogP contribution in [0.1, 0.15) is 13.3 Å². The van der Waals surface area contributed by atoms with Crippen LogP contribution in [0.4, 0.5) is 0 Å². The molecular weight excluding hydrogens is 228 g/mol. The molecule has 0 spiro atoms. The van der Waals surface area contributed by atoms with E-state index in [1.165, 1.54) is 0 Å². The lowest BCUT2D eigenvalue weighted by Gasteiger charge is -2.30. The molecule has 2 rings (SSSR count). The Bertz CT molecular complexity index is 344. The van der Waals surface area contributed by atoms with Gasteiger partial charge in [-0.25, -0.2) is 8.42 Å². The number of hydrogen-bond acceptors (Lipinski definition) is 5. The molecule has 0 aromatic rings. The molecule has 0 aromatic carbocycles. The number of nitrogens with zero attached hydrogens (tertiary/aromatic N) is 1. The third-order valence-corrected chi connectivity index (χ3v) is 5.06. The summed E-state index contributed by atoms with van der Waals surface area (Å²) in [5, 5.41) is 0. The van der Waals surface area contributed by atoms with Crippen LogP contribution in [0.25, 0.3) is 0 Å². The second kappa shape index (κ2) is 4.60. The van der Waals surface area contributed by atoms with Gasteiger partial charge in [-0.15, -0.1) is 0 Å². The molecule has 16 heavy (non-hydrogen) atoms. The van der Waals surface area contributed by atoms with Gasteiger partial charge >= 0.3 is 0 Å². The van der Waals surface area contributed by atoms with Crippen molar-refractivity contribution in [1.29, 1.82) is 0 Å². The fourth-order valence-corrected chi connectivity index (χ4v) is 4.48. The monoisotopic (exact) mass is 248 g/mol. The van der Waals surface area contributed by atoms with E-state index in [9.17, 15) is 8.42 Å². The number of rotatable bonds is 1. The van der Waals surface area contributed by atoms with Crippen molar-refractivity contribution in [3.8, 4) is 0 Å². The Balaban J connectivity index is 2.06. The van der Waals surface area contributed by atoms with Crippen molar-refractivity contribution in [2.45, 2.75) is 31.5 Å². The summed E-state index contributed by atoms with van der Waals surface area (Å²) in [4.78, 5) is 2.19. The predicted octanol–water partition coefficient (Wildman–Crippen LogP) is -0.778. The molecule has 0 amide bonds. The highest BCUT2D eigenvalue weighted by Crippen LogP contribution is 2.19. The minimum atomic E-state index is -2.93. The van der Waals surface area contributed by atoms with E-state index in [0.717, 1.165) is 26.1 Å². The molecule has 0 aliphatic carbocycles. The number of nitrogens with two attached hydrogens (primary N) is 1. The molecule has 2 aliphatic rings. The van der Waals surface area contributed by atoms with E-state index in [2.05, 4.69) is 4.90 Å². The molecule has 94 valence electrons. The van der Waals surface area contributed by atoms with Gasteiger partial charge in [0.25, 0.3) is 0 Å². The minimum absolute atomic E-state index is 0.0193. The van der Waals surface area contributed by atoms with Crippen LogP contribution < -0.4 is 5.73 Å². The first-order chi connectivity index (χ1) is 7.48. The van der Waals surface area contributed by atoms with E-state index in [1.807, 2.05) is 6.92 Å². The summed E-state index contributed by atoms with van der Waals surface area (Å²) in [5.41, 5.74) is 5.92. The first kappa shape index (κ1) is 12.3. The lowest BCUT2D eigenvalue weighted by atomic mass is 10.1. The minimum Gasteiger partial charge on any atom is -0.377 e.